The molecule has 0 aromatic heterocycles. The Bertz CT molecular complexity index is 358. The molecule has 17 heavy (non-hydrogen) atoms. The third-order valence-corrected chi connectivity index (χ3v) is 3.14. The lowest BCUT2D eigenvalue weighted by molar-refractivity contribution is -0.879. The van der Waals surface area contributed by atoms with Crippen LogP contribution in [0, 0.1) is 11.8 Å². The number of esters is 1. The summed E-state index contributed by atoms with van der Waals surface area (Å²) in [5, 5.41) is 0. The fraction of sp³-hybridized carbons (Fsp3) is 0.643. The van der Waals surface area contributed by atoms with Gasteiger partial charge in [-0.1, -0.05) is 6.58 Å². The minimum atomic E-state index is -0.842. The molecule has 94 valence electrons. The quantitative estimate of drug-likeness (QED) is 0.441. The maximum atomic E-state index is 11.0. The van der Waals surface area contributed by atoms with Gasteiger partial charge in [0.1, 0.15) is 6.54 Å². The van der Waals surface area contributed by atoms with Crippen molar-refractivity contribution in [2.45, 2.75) is 39.2 Å². The van der Waals surface area contributed by atoms with Gasteiger partial charge in [0.15, 0.2) is 5.60 Å². The first-order valence-corrected chi connectivity index (χ1v) is 6.13. The summed E-state index contributed by atoms with van der Waals surface area (Å²) < 4.78 is 5.24. The molecule has 1 aliphatic heterocycles. The van der Waals surface area contributed by atoms with Crippen LogP contribution in [0.4, 0.5) is 0 Å². The highest BCUT2D eigenvalue weighted by molar-refractivity contribution is 5.67. The second kappa shape index (κ2) is 5.88. The summed E-state index contributed by atoms with van der Waals surface area (Å²) in [6.07, 6.45) is 2.58. The maximum absolute atomic E-state index is 11.0. The van der Waals surface area contributed by atoms with Crippen LogP contribution >= 0.6 is 0 Å². The van der Waals surface area contributed by atoms with E-state index < -0.39 is 5.60 Å². The molecule has 3 nitrogen and oxygen atoms in total. The van der Waals surface area contributed by atoms with E-state index in [-0.39, 0.29) is 5.97 Å². The molecule has 0 bridgehead atoms. The summed E-state index contributed by atoms with van der Waals surface area (Å²) in [5.41, 5.74) is -0.0815. The minimum absolute atomic E-state index is 0.321. The van der Waals surface area contributed by atoms with E-state index in [0.717, 1.165) is 12.1 Å². The van der Waals surface area contributed by atoms with Crippen molar-refractivity contribution in [1.82, 2.24) is 0 Å². The van der Waals surface area contributed by atoms with E-state index >= 15 is 0 Å². The van der Waals surface area contributed by atoms with Crippen molar-refractivity contribution in [3.8, 4) is 11.8 Å². The van der Waals surface area contributed by atoms with E-state index in [1.165, 1.54) is 37.8 Å². The molecule has 0 saturated carbocycles. The average Bonchev–Trinajstić information content (AvgIpc) is 2.69. The topological polar surface area (TPSA) is 30.7 Å². The molecule has 0 spiro atoms. The first kappa shape index (κ1) is 13.8. The number of carbonyl (C=O) groups excluding carboxylic acids is 1. The van der Waals surface area contributed by atoms with Crippen LogP contribution in [-0.2, 0) is 9.53 Å². The van der Waals surface area contributed by atoms with Crippen LogP contribution in [-0.4, -0.2) is 31.2 Å². The van der Waals surface area contributed by atoms with Gasteiger partial charge in [0.05, 0.1) is 13.1 Å². The zero-order chi connectivity index (χ0) is 12.9. The van der Waals surface area contributed by atoms with Gasteiger partial charge in [-0.15, -0.1) is 0 Å². The second-order valence-corrected chi connectivity index (χ2v) is 4.84. The van der Waals surface area contributed by atoms with E-state index in [2.05, 4.69) is 18.4 Å². The molecular formula is C14H22NO2+. The van der Waals surface area contributed by atoms with Crippen LogP contribution in [0.5, 0.6) is 0 Å². The van der Waals surface area contributed by atoms with Gasteiger partial charge in [0, 0.05) is 19.8 Å². The highest BCUT2D eigenvalue weighted by Crippen LogP contribution is 2.18. The van der Waals surface area contributed by atoms with Crippen molar-refractivity contribution >= 4 is 5.97 Å². The molecule has 1 atom stereocenters. The Morgan fingerprint density at radius 1 is 1.41 bits per heavy atom. The number of likely N-dealkylation sites (tertiary alicyclic amines) is 1. The Morgan fingerprint density at radius 2 is 2.00 bits per heavy atom. The minimum Gasteiger partial charge on any atom is -0.442 e. The van der Waals surface area contributed by atoms with Crippen LogP contribution in [0.2, 0.25) is 0 Å². The van der Waals surface area contributed by atoms with Gasteiger partial charge >= 0.3 is 5.97 Å². The Kier molecular flexibility index (Phi) is 4.77. The molecule has 3 heteroatoms. The van der Waals surface area contributed by atoms with Crippen LogP contribution in [0.15, 0.2) is 12.2 Å². The Hall–Kier alpha value is -1.27. The molecule has 0 unspecified atom stereocenters. The Labute approximate surface area is 104 Å². The van der Waals surface area contributed by atoms with Crippen LogP contribution in [0.3, 0.4) is 0 Å². The maximum Gasteiger partial charge on any atom is 0.304 e. The SMILES string of the molecule is C=C(C)[C@@](C)(C#CC[NH+]1CCCC1)OC(C)=O. The molecule has 1 N–H and O–H groups in total. The first-order valence-electron chi connectivity index (χ1n) is 6.13. The van der Waals surface area contributed by atoms with Crippen LogP contribution < -0.4 is 4.90 Å². The molecule has 1 fully saturated rings. The summed E-state index contributed by atoms with van der Waals surface area (Å²) in [6.45, 7) is 12.1. The van der Waals surface area contributed by atoms with Crippen molar-refractivity contribution < 1.29 is 14.4 Å². The number of ether oxygens (including phenoxy) is 1. The van der Waals surface area contributed by atoms with Crippen molar-refractivity contribution in [3.63, 3.8) is 0 Å². The van der Waals surface area contributed by atoms with Gasteiger partial charge in [0.2, 0.25) is 0 Å². The fourth-order valence-electron chi connectivity index (χ4n) is 1.90. The molecule has 0 aliphatic carbocycles. The predicted octanol–water partition coefficient (Wildman–Crippen LogP) is 0.566. The number of hydrogen-bond donors (Lipinski definition) is 1. The zero-order valence-electron chi connectivity index (χ0n) is 11.1. The Balaban J connectivity index is 2.62. The molecule has 1 saturated heterocycles. The van der Waals surface area contributed by atoms with E-state index in [9.17, 15) is 4.79 Å². The third kappa shape index (κ3) is 4.24. The predicted molar refractivity (Wildman–Crippen MR) is 67.6 cm³/mol. The zero-order valence-corrected chi connectivity index (χ0v) is 11.1. The smallest absolute Gasteiger partial charge is 0.304 e. The summed E-state index contributed by atoms with van der Waals surface area (Å²) in [4.78, 5) is 12.6. The summed E-state index contributed by atoms with van der Waals surface area (Å²) in [6, 6.07) is 0. The fourth-order valence-corrected chi connectivity index (χ4v) is 1.90. The lowest BCUT2D eigenvalue weighted by Gasteiger charge is -2.23. The van der Waals surface area contributed by atoms with E-state index in [1.54, 1.807) is 6.92 Å². The standard InChI is InChI=1S/C14H21NO2/c1-12(2)14(4,17-13(3)16)8-7-11-15-9-5-6-10-15/h1,5-6,9-11H2,2-4H3/p+1/t14-/m1/s1. The van der Waals surface area contributed by atoms with Gasteiger partial charge in [-0.2, -0.15) is 0 Å². The summed E-state index contributed by atoms with van der Waals surface area (Å²) in [7, 11) is 0. The van der Waals surface area contributed by atoms with Gasteiger partial charge < -0.3 is 9.64 Å². The summed E-state index contributed by atoms with van der Waals surface area (Å²) in [5.74, 6) is 5.85. The Morgan fingerprint density at radius 3 is 2.47 bits per heavy atom. The normalized spacial score (nSPS) is 19.0. The van der Waals surface area contributed by atoms with Gasteiger partial charge in [-0.05, 0) is 31.3 Å². The number of rotatable bonds is 3. The molecule has 0 radical (unpaired) electrons. The molecule has 0 aromatic rings. The number of hydrogen-bond acceptors (Lipinski definition) is 2. The van der Waals surface area contributed by atoms with Crippen molar-refractivity contribution in [1.29, 1.82) is 0 Å². The van der Waals surface area contributed by atoms with E-state index in [0.29, 0.717) is 0 Å². The highest BCUT2D eigenvalue weighted by Gasteiger charge is 2.26. The molecule has 0 aromatic carbocycles. The molecule has 1 aliphatic rings. The lowest BCUT2D eigenvalue weighted by Crippen LogP contribution is -3.09. The largest absolute Gasteiger partial charge is 0.442 e. The van der Waals surface area contributed by atoms with E-state index in [4.69, 9.17) is 4.74 Å². The van der Waals surface area contributed by atoms with Crippen molar-refractivity contribution in [3.05, 3.63) is 12.2 Å². The van der Waals surface area contributed by atoms with Crippen LogP contribution in [0.25, 0.3) is 0 Å². The second-order valence-electron chi connectivity index (χ2n) is 4.84. The molecule has 1 heterocycles. The van der Waals surface area contributed by atoms with Gasteiger partial charge in [-0.3, -0.25) is 4.79 Å². The van der Waals surface area contributed by atoms with Gasteiger partial charge in [-0.25, -0.2) is 0 Å². The number of carbonyl (C=O) groups is 1. The van der Waals surface area contributed by atoms with E-state index in [1.807, 2.05) is 6.92 Å². The molecule has 0 amide bonds. The van der Waals surface area contributed by atoms with Crippen LogP contribution in [0.1, 0.15) is 33.6 Å². The monoisotopic (exact) mass is 236 g/mol. The third-order valence-electron chi connectivity index (χ3n) is 3.14. The van der Waals surface area contributed by atoms with Gasteiger partial charge in [0.25, 0.3) is 0 Å². The molecular weight excluding hydrogens is 214 g/mol. The average molecular weight is 236 g/mol. The molecule has 1 rings (SSSR count). The summed E-state index contributed by atoms with van der Waals surface area (Å²) >= 11 is 0. The number of quaternary nitrogens is 1. The number of nitrogens with one attached hydrogen (secondary N) is 1. The first-order chi connectivity index (χ1) is 7.94. The lowest BCUT2D eigenvalue weighted by atomic mass is 9.99. The highest BCUT2D eigenvalue weighted by atomic mass is 16.6. The van der Waals surface area contributed by atoms with Crippen molar-refractivity contribution in [2.24, 2.45) is 0 Å². The van der Waals surface area contributed by atoms with Crippen molar-refractivity contribution in [2.75, 3.05) is 19.6 Å².